The number of alkyl halides is 3. The van der Waals surface area contributed by atoms with E-state index in [1.807, 2.05) is 0 Å². The van der Waals surface area contributed by atoms with Crippen molar-refractivity contribution in [2.75, 3.05) is 5.32 Å². The quantitative estimate of drug-likeness (QED) is 0.275. The molecule has 0 aromatic heterocycles. The average molecular weight is 355 g/mol. The van der Waals surface area contributed by atoms with Crippen LogP contribution in [0, 0.1) is 0 Å². The van der Waals surface area contributed by atoms with Crippen LogP contribution in [0.15, 0.2) is 42.5 Å². The second-order valence-electron chi connectivity index (χ2n) is 5.11. The lowest BCUT2D eigenvalue weighted by molar-refractivity contribution is -0.137. The Morgan fingerprint density at radius 1 is 1.16 bits per heavy atom. The van der Waals surface area contributed by atoms with E-state index in [4.69, 9.17) is 11.6 Å². The lowest BCUT2D eigenvalue weighted by atomic mass is 10.1. The Morgan fingerprint density at radius 3 is 2.52 bits per heavy atom. The Hall–Kier alpha value is -2.66. The van der Waals surface area contributed by atoms with Crippen LogP contribution in [0.1, 0.15) is 27.7 Å². The van der Waals surface area contributed by atoms with Crippen molar-refractivity contribution < 1.29 is 23.1 Å². The first-order chi connectivity index (χ1) is 11.7. The van der Waals surface area contributed by atoms with E-state index >= 15 is 0 Å². The second-order valence-corrected chi connectivity index (χ2v) is 5.11. The number of anilines is 1. The Kier molecular flexibility index (Phi) is 5.59. The first kappa shape index (κ1) is 18.7. The summed E-state index contributed by atoms with van der Waals surface area (Å²) in [5, 5.41) is 11.9. The van der Waals surface area contributed by atoms with E-state index in [0.29, 0.717) is 23.4 Å². The molecule has 134 valence electrons. The van der Waals surface area contributed by atoms with Gasteiger partial charge in [0.1, 0.15) is 5.75 Å². The molecule has 1 atom stereocenters. The van der Waals surface area contributed by atoms with Gasteiger partial charge < -0.3 is 16.2 Å². The van der Waals surface area contributed by atoms with Gasteiger partial charge in [0.15, 0.2) is 0 Å². The normalized spacial score (nSPS) is 12.7. The minimum absolute atomic E-state index is 0.314. The third-order valence-corrected chi connectivity index (χ3v) is 3.25. The number of nitrogens with one attached hydrogen (secondary N) is 3. The standard InChI is InChI=1S/C15H16F3N5O2/c16-15(17,18)10-4-9(6-12(24)7-10)14(25)21-11-3-1-2-8(5-11)13(19)22-23-20/h1-7,13,22-24H,19-20H2,(H,21,25). The zero-order valence-corrected chi connectivity index (χ0v) is 12.8. The fourth-order valence-corrected chi connectivity index (χ4v) is 2.09. The highest BCUT2D eigenvalue weighted by Crippen LogP contribution is 2.32. The van der Waals surface area contributed by atoms with Crippen molar-refractivity contribution in [3.63, 3.8) is 0 Å². The van der Waals surface area contributed by atoms with Gasteiger partial charge in [-0.25, -0.2) is 5.43 Å². The molecule has 25 heavy (non-hydrogen) atoms. The van der Waals surface area contributed by atoms with Crippen molar-refractivity contribution >= 4 is 11.6 Å². The number of hydrazine groups is 2. The van der Waals surface area contributed by atoms with Crippen LogP contribution in [-0.2, 0) is 6.18 Å². The van der Waals surface area contributed by atoms with Gasteiger partial charge in [-0.3, -0.25) is 10.6 Å². The molecule has 7 nitrogen and oxygen atoms in total. The molecule has 0 spiro atoms. The minimum atomic E-state index is -4.68. The minimum Gasteiger partial charge on any atom is -0.508 e. The predicted molar refractivity (Wildman–Crippen MR) is 84.9 cm³/mol. The van der Waals surface area contributed by atoms with Gasteiger partial charge in [0.25, 0.3) is 5.91 Å². The van der Waals surface area contributed by atoms with Gasteiger partial charge in [-0.15, -0.1) is 0 Å². The molecule has 1 amide bonds. The van der Waals surface area contributed by atoms with Crippen LogP contribution in [0.3, 0.4) is 0 Å². The molecular formula is C15H16F3N5O2. The fraction of sp³-hybridized carbons (Fsp3) is 0.133. The van der Waals surface area contributed by atoms with Crippen molar-refractivity contribution in [2.45, 2.75) is 12.3 Å². The molecule has 8 N–H and O–H groups in total. The SMILES string of the molecule is NNNC(N)c1cccc(NC(=O)c2cc(O)cc(C(F)(F)F)c2)c1. The molecule has 0 radical (unpaired) electrons. The number of hydrogen-bond donors (Lipinski definition) is 6. The number of phenolic OH excluding ortho intramolecular Hbond substituents is 1. The van der Waals surface area contributed by atoms with Crippen LogP contribution in [-0.4, -0.2) is 11.0 Å². The maximum Gasteiger partial charge on any atom is 0.416 e. The maximum atomic E-state index is 12.8. The summed E-state index contributed by atoms with van der Waals surface area (Å²) >= 11 is 0. The largest absolute Gasteiger partial charge is 0.508 e. The van der Waals surface area contributed by atoms with Crippen LogP contribution >= 0.6 is 0 Å². The van der Waals surface area contributed by atoms with Crippen molar-refractivity contribution in [3.05, 3.63) is 59.2 Å². The summed E-state index contributed by atoms with van der Waals surface area (Å²) in [7, 11) is 0. The van der Waals surface area contributed by atoms with E-state index in [0.717, 1.165) is 6.07 Å². The summed E-state index contributed by atoms with van der Waals surface area (Å²) in [5.41, 5.74) is 9.94. The summed E-state index contributed by atoms with van der Waals surface area (Å²) in [4.78, 5) is 12.2. The van der Waals surface area contributed by atoms with Crippen molar-refractivity contribution in [1.29, 1.82) is 0 Å². The lowest BCUT2D eigenvalue weighted by Crippen LogP contribution is -2.43. The van der Waals surface area contributed by atoms with Crippen LogP contribution in [0.5, 0.6) is 5.75 Å². The smallest absolute Gasteiger partial charge is 0.416 e. The molecule has 2 aromatic rings. The number of amides is 1. The number of aromatic hydroxyl groups is 1. The zero-order chi connectivity index (χ0) is 18.6. The van der Waals surface area contributed by atoms with E-state index < -0.39 is 29.6 Å². The number of hydrogen-bond acceptors (Lipinski definition) is 6. The Balaban J connectivity index is 2.23. The summed E-state index contributed by atoms with van der Waals surface area (Å²) in [6, 6.07) is 8.48. The maximum absolute atomic E-state index is 12.8. The number of carbonyl (C=O) groups is 1. The van der Waals surface area contributed by atoms with Gasteiger partial charge >= 0.3 is 6.18 Å². The number of phenols is 1. The molecular weight excluding hydrogens is 339 g/mol. The Morgan fingerprint density at radius 2 is 1.88 bits per heavy atom. The van der Waals surface area contributed by atoms with Gasteiger partial charge in [0.2, 0.25) is 0 Å². The zero-order valence-electron chi connectivity index (χ0n) is 12.8. The highest BCUT2D eigenvalue weighted by atomic mass is 19.4. The number of halogens is 3. The molecule has 2 rings (SSSR count). The highest BCUT2D eigenvalue weighted by Gasteiger charge is 2.31. The van der Waals surface area contributed by atoms with Crippen LogP contribution in [0.4, 0.5) is 18.9 Å². The third-order valence-electron chi connectivity index (χ3n) is 3.25. The number of carbonyl (C=O) groups excluding carboxylic acids is 1. The number of rotatable bonds is 5. The molecule has 0 heterocycles. The summed E-state index contributed by atoms with van der Waals surface area (Å²) in [6.07, 6.45) is -5.35. The fourth-order valence-electron chi connectivity index (χ4n) is 2.09. The third kappa shape index (κ3) is 4.90. The van der Waals surface area contributed by atoms with E-state index in [1.54, 1.807) is 12.1 Å². The van der Waals surface area contributed by atoms with Gasteiger partial charge in [-0.1, -0.05) is 12.1 Å². The number of benzene rings is 2. The first-order valence-corrected chi connectivity index (χ1v) is 7.00. The monoisotopic (exact) mass is 355 g/mol. The lowest BCUT2D eigenvalue weighted by Gasteiger charge is -2.14. The topological polar surface area (TPSA) is 125 Å². The van der Waals surface area contributed by atoms with Crippen molar-refractivity contribution in [1.82, 2.24) is 11.0 Å². The molecule has 2 aromatic carbocycles. The highest BCUT2D eigenvalue weighted by molar-refractivity contribution is 6.04. The van der Waals surface area contributed by atoms with Crippen LogP contribution in [0.2, 0.25) is 0 Å². The molecule has 0 aliphatic rings. The predicted octanol–water partition coefficient (Wildman–Crippen LogP) is 1.59. The molecule has 1 unspecified atom stereocenters. The van der Waals surface area contributed by atoms with Gasteiger partial charge in [-0.2, -0.15) is 18.7 Å². The summed E-state index contributed by atoms with van der Waals surface area (Å²) in [5.74, 6) is 3.63. The average Bonchev–Trinajstić information content (AvgIpc) is 2.54. The van der Waals surface area contributed by atoms with Gasteiger partial charge in [0.05, 0.1) is 11.7 Å². The molecule has 0 fully saturated rings. The van der Waals surface area contributed by atoms with Crippen LogP contribution < -0.4 is 27.9 Å². The van der Waals surface area contributed by atoms with Gasteiger partial charge in [0, 0.05) is 11.3 Å². The molecule has 0 aliphatic heterocycles. The van der Waals surface area contributed by atoms with Gasteiger partial charge in [-0.05, 0) is 35.9 Å². The second kappa shape index (κ2) is 7.49. The summed E-state index contributed by atoms with van der Waals surface area (Å²) < 4.78 is 38.3. The molecule has 10 heteroatoms. The van der Waals surface area contributed by atoms with E-state index in [9.17, 15) is 23.1 Å². The van der Waals surface area contributed by atoms with E-state index in [-0.39, 0.29) is 5.56 Å². The molecule has 0 bridgehead atoms. The number of nitrogens with two attached hydrogens (primary N) is 2. The Labute approximate surface area is 140 Å². The molecule has 0 saturated carbocycles. The van der Waals surface area contributed by atoms with E-state index in [2.05, 4.69) is 16.3 Å². The van der Waals surface area contributed by atoms with Crippen molar-refractivity contribution in [2.24, 2.45) is 11.6 Å². The van der Waals surface area contributed by atoms with E-state index in [1.165, 1.54) is 12.1 Å². The summed E-state index contributed by atoms with van der Waals surface area (Å²) in [6.45, 7) is 0. The Bertz CT molecular complexity index is 767. The first-order valence-electron chi connectivity index (χ1n) is 7.00. The molecule has 0 aliphatic carbocycles. The van der Waals surface area contributed by atoms with Crippen molar-refractivity contribution in [3.8, 4) is 5.75 Å². The molecule has 0 saturated heterocycles. The van der Waals surface area contributed by atoms with Crippen LogP contribution in [0.25, 0.3) is 0 Å².